The van der Waals surface area contributed by atoms with Crippen molar-refractivity contribution >= 4 is 11.7 Å². The Kier molecular flexibility index (Phi) is 4.52. The van der Waals surface area contributed by atoms with Crippen molar-refractivity contribution in [2.24, 2.45) is 5.92 Å². The molecule has 0 unspecified atom stereocenters. The van der Waals surface area contributed by atoms with Crippen LogP contribution in [-0.4, -0.2) is 27.3 Å². The molecule has 0 spiro atoms. The highest BCUT2D eigenvalue weighted by molar-refractivity contribution is 5.89. The summed E-state index contributed by atoms with van der Waals surface area (Å²) in [6, 6.07) is 11.8. The van der Waals surface area contributed by atoms with Gasteiger partial charge in [-0.15, -0.1) is 0 Å². The minimum Gasteiger partial charge on any atom is -0.497 e. The lowest BCUT2D eigenvalue weighted by molar-refractivity contribution is 0.0600. The maximum Gasteiger partial charge on any atom is 0.337 e. The molecule has 5 nitrogen and oxygen atoms in total. The minimum absolute atomic E-state index is 0.131. The molecule has 0 saturated heterocycles. The number of hydrogen-bond donors (Lipinski definition) is 1. The van der Waals surface area contributed by atoms with Gasteiger partial charge in [-0.25, -0.2) is 4.79 Å². The maximum atomic E-state index is 11.7. The molecule has 3 atom stereocenters. The Morgan fingerprint density at radius 2 is 1.85 bits per heavy atom. The Morgan fingerprint density at radius 1 is 1.07 bits per heavy atom. The number of rotatable bonds is 4. The highest BCUT2D eigenvalue weighted by Gasteiger charge is 2.39. The number of carbonyl (C=O) groups is 1. The summed E-state index contributed by atoms with van der Waals surface area (Å²) < 4.78 is 15.9. The lowest BCUT2D eigenvalue weighted by Gasteiger charge is -2.38. The highest BCUT2D eigenvalue weighted by Crippen LogP contribution is 2.53. The van der Waals surface area contributed by atoms with Crippen molar-refractivity contribution in [2.75, 3.05) is 26.6 Å². The summed E-state index contributed by atoms with van der Waals surface area (Å²) in [6.45, 7) is 0. The number of esters is 1. The van der Waals surface area contributed by atoms with Crippen LogP contribution in [0.5, 0.6) is 11.5 Å². The first-order valence-electron chi connectivity index (χ1n) is 9.03. The first-order chi connectivity index (χ1) is 13.2. The predicted molar refractivity (Wildman–Crippen MR) is 104 cm³/mol. The van der Waals surface area contributed by atoms with Gasteiger partial charge in [-0.05, 0) is 41.7 Å². The third kappa shape index (κ3) is 2.93. The number of allylic oxidation sites excluding steroid dienone is 2. The standard InChI is InChI=1S/C22H23NO4/c1-25-15-11-18-16-5-4-6-17(16)20(23-21(18)19(12-15)26-2)13-7-9-14(10-8-13)22(24)27-3/h4-5,7-12,16-17,20,23H,6H2,1-3H3/t16-,17-,20+/m1/s1. The molecule has 0 radical (unpaired) electrons. The molecule has 0 saturated carbocycles. The Balaban J connectivity index is 1.74. The summed E-state index contributed by atoms with van der Waals surface area (Å²) in [5.41, 5.74) is 3.91. The maximum absolute atomic E-state index is 11.7. The van der Waals surface area contributed by atoms with Crippen LogP contribution in [0.25, 0.3) is 0 Å². The zero-order valence-corrected chi connectivity index (χ0v) is 15.7. The van der Waals surface area contributed by atoms with Crippen LogP contribution < -0.4 is 14.8 Å². The van der Waals surface area contributed by atoms with Crippen LogP contribution in [0.4, 0.5) is 5.69 Å². The third-order valence-corrected chi connectivity index (χ3v) is 5.55. The van der Waals surface area contributed by atoms with Gasteiger partial charge in [0.2, 0.25) is 0 Å². The molecule has 0 fully saturated rings. The summed E-state index contributed by atoms with van der Waals surface area (Å²) in [5.74, 6) is 1.96. The van der Waals surface area contributed by atoms with Crippen LogP contribution in [0.15, 0.2) is 48.6 Å². The first-order valence-corrected chi connectivity index (χ1v) is 9.03. The molecule has 4 rings (SSSR count). The second-order valence-electron chi connectivity index (χ2n) is 6.88. The first kappa shape index (κ1) is 17.5. The van der Waals surface area contributed by atoms with Crippen LogP contribution in [0.2, 0.25) is 0 Å². The van der Waals surface area contributed by atoms with Gasteiger partial charge in [0, 0.05) is 12.0 Å². The second-order valence-corrected chi connectivity index (χ2v) is 6.88. The largest absolute Gasteiger partial charge is 0.497 e. The second kappa shape index (κ2) is 6.99. The molecule has 0 aromatic heterocycles. The van der Waals surface area contributed by atoms with E-state index in [1.54, 1.807) is 14.2 Å². The molecule has 2 aromatic carbocycles. The monoisotopic (exact) mass is 365 g/mol. The third-order valence-electron chi connectivity index (χ3n) is 5.55. The van der Waals surface area contributed by atoms with E-state index in [-0.39, 0.29) is 12.0 Å². The fourth-order valence-electron chi connectivity index (χ4n) is 4.19. The summed E-state index contributed by atoms with van der Waals surface area (Å²) in [4.78, 5) is 11.7. The molecule has 27 heavy (non-hydrogen) atoms. The number of nitrogens with one attached hydrogen (secondary N) is 1. The van der Waals surface area contributed by atoms with E-state index in [0.29, 0.717) is 17.4 Å². The van der Waals surface area contributed by atoms with E-state index >= 15 is 0 Å². The average Bonchev–Trinajstić information content (AvgIpc) is 3.22. The smallest absolute Gasteiger partial charge is 0.337 e. The van der Waals surface area contributed by atoms with Crippen molar-refractivity contribution in [2.45, 2.75) is 18.4 Å². The van der Waals surface area contributed by atoms with Crippen molar-refractivity contribution in [3.05, 3.63) is 65.2 Å². The topological polar surface area (TPSA) is 56.8 Å². The number of benzene rings is 2. The summed E-state index contributed by atoms with van der Waals surface area (Å²) in [7, 11) is 4.74. The molecule has 5 heteroatoms. The van der Waals surface area contributed by atoms with Crippen molar-refractivity contribution in [1.29, 1.82) is 0 Å². The van der Waals surface area contributed by atoms with Crippen molar-refractivity contribution in [3.8, 4) is 11.5 Å². The zero-order valence-electron chi connectivity index (χ0n) is 15.7. The summed E-state index contributed by atoms with van der Waals surface area (Å²) >= 11 is 0. The predicted octanol–water partition coefficient (Wildman–Crippen LogP) is 4.32. The van der Waals surface area contributed by atoms with Crippen LogP contribution in [0, 0.1) is 5.92 Å². The molecular formula is C22H23NO4. The van der Waals surface area contributed by atoms with Gasteiger partial charge in [-0.3, -0.25) is 0 Å². The summed E-state index contributed by atoms with van der Waals surface area (Å²) in [5, 5.41) is 3.68. The molecule has 140 valence electrons. The normalized spacial score (nSPS) is 22.4. The molecule has 2 aromatic rings. The van der Waals surface area contributed by atoms with E-state index in [2.05, 4.69) is 23.5 Å². The lowest BCUT2D eigenvalue weighted by Crippen LogP contribution is -2.29. The minimum atomic E-state index is -0.322. The van der Waals surface area contributed by atoms with Crippen LogP contribution in [-0.2, 0) is 4.74 Å². The van der Waals surface area contributed by atoms with E-state index in [1.807, 2.05) is 30.3 Å². The van der Waals surface area contributed by atoms with E-state index in [0.717, 1.165) is 29.2 Å². The Labute approximate surface area is 158 Å². The van der Waals surface area contributed by atoms with E-state index in [1.165, 1.54) is 12.7 Å². The average molecular weight is 365 g/mol. The van der Waals surface area contributed by atoms with Crippen molar-refractivity contribution in [3.63, 3.8) is 0 Å². The molecule has 0 bridgehead atoms. The number of ether oxygens (including phenoxy) is 3. The van der Waals surface area contributed by atoms with E-state index < -0.39 is 0 Å². The molecule has 1 heterocycles. The SMILES string of the molecule is COC(=O)c1ccc([C@@H]2Nc3c(OC)cc(OC)cc3[C@@H]3C=CC[C@H]32)cc1. The van der Waals surface area contributed by atoms with Crippen molar-refractivity contribution in [1.82, 2.24) is 0 Å². The Morgan fingerprint density at radius 3 is 2.52 bits per heavy atom. The molecule has 0 amide bonds. The number of anilines is 1. The Bertz CT molecular complexity index is 888. The van der Waals surface area contributed by atoms with Gasteiger partial charge in [0.1, 0.15) is 11.5 Å². The molecule has 1 aliphatic heterocycles. The Hall–Kier alpha value is -2.95. The van der Waals surface area contributed by atoms with Gasteiger partial charge < -0.3 is 19.5 Å². The molecule has 1 aliphatic carbocycles. The number of carbonyl (C=O) groups excluding carboxylic acids is 1. The van der Waals surface area contributed by atoms with Crippen LogP contribution in [0.3, 0.4) is 0 Å². The lowest BCUT2D eigenvalue weighted by atomic mass is 9.76. The summed E-state index contributed by atoms with van der Waals surface area (Å²) in [6.07, 6.45) is 5.52. The van der Waals surface area contributed by atoms with Gasteiger partial charge >= 0.3 is 5.97 Å². The molecule has 2 aliphatic rings. The number of fused-ring (bicyclic) bond motifs is 3. The zero-order chi connectivity index (χ0) is 19.0. The highest BCUT2D eigenvalue weighted by atomic mass is 16.5. The van der Waals surface area contributed by atoms with Crippen molar-refractivity contribution < 1.29 is 19.0 Å². The van der Waals surface area contributed by atoms with Gasteiger partial charge in [-0.1, -0.05) is 24.3 Å². The van der Waals surface area contributed by atoms with Crippen LogP contribution in [0.1, 0.15) is 39.9 Å². The van der Waals surface area contributed by atoms with Gasteiger partial charge in [0.05, 0.1) is 38.6 Å². The molecule has 1 N–H and O–H groups in total. The quantitative estimate of drug-likeness (QED) is 0.646. The number of methoxy groups -OCH3 is 3. The fraction of sp³-hybridized carbons (Fsp3) is 0.318. The van der Waals surface area contributed by atoms with E-state index in [4.69, 9.17) is 14.2 Å². The van der Waals surface area contributed by atoms with Gasteiger partial charge in [0.15, 0.2) is 0 Å². The van der Waals surface area contributed by atoms with E-state index in [9.17, 15) is 4.79 Å². The van der Waals surface area contributed by atoms with Crippen LogP contribution >= 0.6 is 0 Å². The van der Waals surface area contributed by atoms with Gasteiger partial charge in [0.25, 0.3) is 0 Å². The fourth-order valence-corrected chi connectivity index (χ4v) is 4.19. The number of hydrogen-bond acceptors (Lipinski definition) is 5. The molecular weight excluding hydrogens is 342 g/mol. The van der Waals surface area contributed by atoms with Gasteiger partial charge in [-0.2, -0.15) is 0 Å².